The highest BCUT2D eigenvalue weighted by molar-refractivity contribution is 6.42. The third-order valence-corrected chi connectivity index (χ3v) is 5.37. The maximum atomic E-state index is 13.2. The Bertz CT molecular complexity index is 865. The first-order chi connectivity index (χ1) is 12.3. The molecule has 6 heteroatoms. The first-order valence-electron chi connectivity index (χ1n) is 8.47. The van der Waals surface area contributed by atoms with Crippen molar-refractivity contribution in [3.05, 3.63) is 58.1 Å². The van der Waals surface area contributed by atoms with Crippen LogP contribution in [-0.2, 0) is 16.0 Å². The molecule has 2 amide bonds. The summed E-state index contributed by atoms with van der Waals surface area (Å²) in [6.45, 7) is 3.89. The number of carbonyl (C=O) groups is 2. The van der Waals surface area contributed by atoms with Gasteiger partial charge in [0.1, 0.15) is 5.41 Å². The number of fused-ring (bicyclic) bond motifs is 1. The Labute approximate surface area is 163 Å². The lowest BCUT2D eigenvalue weighted by Crippen LogP contribution is -2.49. The van der Waals surface area contributed by atoms with Crippen LogP contribution in [0.3, 0.4) is 0 Å². The minimum absolute atomic E-state index is 0.220. The highest BCUT2D eigenvalue weighted by Gasteiger charge is 2.40. The van der Waals surface area contributed by atoms with Gasteiger partial charge in [0, 0.05) is 17.9 Å². The first-order valence-corrected chi connectivity index (χ1v) is 9.22. The van der Waals surface area contributed by atoms with Gasteiger partial charge in [-0.05, 0) is 56.5 Å². The molecule has 0 unspecified atom stereocenters. The molecule has 1 aliphatic heterocycles. The molecule has 0 fully saturated rings. The van der Waals surface area contributed by atoms with Crippen molar-refractivity contribution in [2.24, 2.45) is 5.41 Å². The average Bonchev–Trinajstić information content (AvgIpc) is 2.63. The minimum Gasteiger partial charge on any atom is -0.325 e. The van der Waals surface area contributed by atoms with E-state index in [0.717, 1.165) is 24.1 Å². The van der Waals surface area contributed by atoms with E-state index in [1.165, 1.54) is 0 Å². The molecule has 1 N–H and O–H groups in total. The number of halogens is 2. The number of nitrogens with zero attached hydrogens (tertiary/aromatic N) is 1. The van der Waals surface area contributed by atoms with E-state index in [9.17, 15) is 9.59 Å². The van der Waals surface area contributed by atoms with Gasteiger partial charge >= 0.3 is 0 Å². The van der Waals surface area contributed by atoms with Crippen molar-refractivity contribution < 1.29 is 9.59 Å². The number of carbonyl (C=O) groups excluding carboxylic acids is 2. The predicted molar refractivity (Wildman–Crippen MR) is 106 cm³/mol. The zero-order valence-corrected chi connectivity index (χ0v) is 16.2. The van der Waals surface area contributed by atoms with Crippen molar-refractivity contribution in [3.8, 4) is 0 Å². The molecule has 2 aromatic carbocycles. The number of para-hydroxylation sites is 1. The number of hydrogen-bond donors (Lipinski definition) is 1. The van der Waals surface area contributed by atoms with Crippen LogP contribution in [0.2, 0.25) is 10.0 Å². The van der Waals surface area contributed by atoms with Gasteiger partial charge < -0.3 is 10.2 Å². The normalized spacial score (nSPS) is 13.9. The molecule has 2 aromatic rings. The molecule has 0 saturated heterocycles. The van der Waals surface area contributed by atoms with Gasteiger partial charge in [0.2, 0.25) is 11.8 Å². The summed E-state index contributed by atoms with van der Waals surface area (Å²) in [6, 6.07) is 12.7. The number of rotatable bonds is 3. The zero-order valence-electron chi connectivity index (χ0n) is 14.7. The Hall–Kier alpha value is -2.04. The van der Waals surface area contributed by atoms with Gasteiger partial charge in [-0.1, -0.05) is 41.4 Å². The summed E-state index contributed by atoms with van der Waals surface area (Å²) in [4.78, 5) is 27.7. The van der Waals surface area contributed by atoms with Crippen LogP contribution < -0.4 is 10.2 Å². The van der Waals surface area contributed by atoms with E-state index < -0.39 is 5.41 Å². The van der Waals surface area contributed by atoms with Crippen LogP contribution in [0.5, 0.6) is 0 Å². The number of anilines is 2. The summed E-state index contributed by atoms with van der Waals surface area (Å²) in [5.74, 6) is -0.605. The van der Waals surface area contributed by atoms with Crippen molar-refractivity contribution in [2.75, 3.05) is 16.8 Å². The average molecular weight is 391 g/mol. The number of hydrogen-bond acceptors (Lipinski definition) is 2. The molecule has 0 atom stereocenters. The van der Waals surface area contributed by atoms with Crippen LogP contribution in [0, 0.1) is 5.41 Å². The molecular formula is C20H20Cl2N2O2. The molecule has 0 radical (unpaired) electrons. The van der Waals surface area contributed by atoms with Gasteiger partial charge in [-0.2, -0.15) is 0 Å². The second-order valence-corrected chi connectivity index (χ2v) is 7.71. The zero-order chi connectivity index (χ0) is 18.9. The summed E-state index contributed by atoms with van der Waals surface area (Å²) >= 11 is 11.9. The molecule has 4 nitrogen and oxygen atoms in total. The first kappa shape index (κ1) is 18.7. The van der Waals surface area contributed by atoms with Crippen LogP contribution in [0.15, 0.2) is 42.5 Å². The molecule has 1 heterocycles. The van der Waals surface area contributed by atoms with Crippen LogP contribution >= 0.6 is 23.2 Å². The van der Waals surface area contributed by atoms with Crippen molar-refractivity contribution in [2.45, 2.75) is 26.7 Å². The van der Waals surface area contributed by atoms with Gasteiger partial charge in [-0.15, -0.1) is 0 Å². The lowest BCUT2D eigenvalue weighted by Gasteiger charge is -2.35. The highest BCUT2D eigenvalue weighted by atomic mass is 35.5. The fourth-order valence-electron chi connectivity index (χ4n) is 3.04. The summed E-state index contributed by atoms with van der Waals surface area (Å²) in [5.41, 5.74) is 1.30. The molecule has 0 aromatic heterocycles. The highest BCUT2D eigenvalue weighted by Crippen LogP contribution is 2.32. The molecule has 0 saturated carbocycles. The summed E-state index contributed by atoms with van der Waals surface area (Å²) in [5, 5.41) is 3.52. The molecule has 0 bridgehead atoms. The van der Waals surface area contributed by atoms with Crippen molar-refractivity contribution >= 4 is 46.4 Å². The standard InChI is InChI=1S/C20H20Cl2N2O2/c1-20(2,18(25)23-14-9-10-15(21)16(22)12-14)19(26)24-11-5-7-13-6-3-4-8-17(13)24/h3-4,6,8-10,12H,5,7,11H2,1-2H3,(H,23,25). The topological polar surface area (TPSA) is 49.4 Å². The third kappa shape index (κ3) is 3.57. The van der Waals surface area contributed by atoms with Gasteiger partial charge in [-0.25, -0.2) is 0 Å². The molecule has 3 rings (SSSR count). The van der Waals surface area contributed by atoms with Crippen LogP contribution in [0.1, 0.15) is 25.8 Å². The Morgan fingerprint density at radius 3 is 2.54 bits per heavy atom. The fraction of sp³-hybridized carbons (Fsp3) is 0.300. The Morgan fingerprint density at radius 1 is 1.08 bits per heavy atom. The number of aryl methyl sites for hydroxylation is 1. The van der Waals surface area contributed by atoms with Crippen molar-refractivity contribution in [1.29, 1.82) is 0 Å². The van der Waals surface area contributed by atoms with Crippen LogP contribution in [0.4, 0.5) is 11.4 Å². The maximum Gasteiger partial charge on any atom is 0.242 e. The van der Waals surface area contributed by atoms with Crippen LogP contribution in [0.25, 0.3) is 0 Å². The van der Waals surface area contributed by atoms with Gasteiger partial charge in [0.25, 0.3) is 0 Å². The molecule has 0 aliphatic carbocycles. The molecule has 0 spiro atoms. The fourth-order valence-corrected chi connectivity index (χ4v) is 3.34. The Balaban J connectivity index is 1.82. The van der Waals surface area contributed by atoms with Crippen molar-refractivity contribution in [1.82, 2.24) is 0 Å². The van der Waals surface area contributed by atoms with Gasteiger partial charge in [0.15, 0.2) is 0 Å². The smallest absolute Gasteiger partial charge is 0.242 e. The monoisotopic (exact) mass is 390 g/mol. The largest absolute Gasteiger partial charge is 0.325 e. The van der Waals surface area contributed by atoms with E-state index in [-0.39, 0.29) is 11.8 Å². The molecule has 26 heavy (non-hydrogen) atoms. The van der Waals surface area contributed by atoms with Crippen molar-refractivity contribution in [3.63, 3.8) is 0 Å². The number of benzene rings is 2. The van der Waals surface area contributed by atoms with E-state index in [1.807, 2.05) is 24.3 Å². The summed E-state index contributed by atoms with van der Waals surface area (Å²) in [7, 11) is 0. The van der Waals surface area contributed by atoms with E-state index in [0.29, 0.717) is 22.3 Å². The SMILES string of the molecule is CC(C)(C(=O)Nc1ccc(Cl)c(Cl)c1)C(=O)N1CCCc2ccccc21. The lowest BCUT2D eigenvalue weighted by atomic mass is 9.88. The summed E-state index contributed by atoms with van der Waals surface area (Å²) in [6.07, 6.45) is 1.82. The van der Waals surface area contributed by atoms with E-state index in [1.54, 1.807) is 36.9 Å². The third-order valence-electron chi connectivity index (χ3n) is 4.64. The quantitative estimate of drug-likeness (QED) is 0.754. The Morgan fingerprint density at radius 2 is 1.81 bits per heavy atom. The van der Waals surface area contributed by atoms with Crippen LogP contribution in [-0.4, -0.2) is 18.4 Å². The van der Waals surface area contributed by atoms with E-state index in [2.05, 4.69) is 5.32 Å². The lowest BCUT2D eigenvalue weighted by molar-refractivity contribution is -0.136. The predicted octanol–water partition coefficient (Wildman–Crippen LogP) is 4.94. The second-order valence-electron chi connectivity index (χ2n) is 6.90. The molecule has 1 aliphatic rings. The Kier molecular flexibility index (Phi) is 5.26. The number of nitrogens with one attached hydrogen (secondary N) is 1. The summed E-state index contributed by atoms with van der Waals surface area (Å²) < 4.78 is 0. The van der Waals surface area contributed by atoms with Gasteiger partial charge in [-0.3, -0.25) is 9.59 Å². The van der Waals surface area contributed by atoms with E-state index in [4.69, 9.17) is 23.2 Å². The molecular weight excluding hydrogens is 371 g/mol. The second kappa shape index (κ2) is 7.29. The molecule has 136 valence electrons. The van der Waals surface area contributed by atoms with E-state index >= 15 is 0 Å². The van der Waals surface area contributed by atoms with Gasteiger partial charge in [0.05, 0.1) is 10.0 Å². The minimum atomic E-state index is -1.23. The maximum absolute atomic E-state index is 13.2. The number of amides is 2.